The van der Waals surface area contributed by atoms with E-state index in [9.17, 15) is 14.4 Å². The lowest BCUT2D eigenvalue weighted by Crippen LogP contribution is -2.33. The molecule has 0 spiro atoms. The fourth-order valence-electron chi connectivity index (χ4n) is 3.59. The largest absolute Gasteiger partial charge is 0.497 e. The number of rotatable bonds is 4. The fourth-order valence-corrected chi connectivity index (χ4v) is 3.72. The number of carbonyl (C=O) groups excluding carboxylic acids is 2. The molecule has 0 atom stereocenters. The van der Waals surface area contributed by atoms with E-state index in [1.807, 2.05) is 0 Å². The van der Waals surface area contributed by atoms with Gasteiger partial charge in [-0.05, 0) is 67.4 Å². The molecule has 1 aliphatic carbocycles. The van der Waals surface area contributed by atoms with E-state index >= 15 is 0 Å². The number of nitrogens with zero attached hydrogens (tertiary/aromatic N) is 1. The molecule has 2 aromatic carbocycles. The maximum absolute atomic E-state index is 13.3. The van der Waals surface area contributed by atoms with E-state index in [4.69, 9.17) is 16.3 Å². The van der Waals surface area contributed by atoms with Gasteiger partial charge >= 0.3 is 0 Å². The normalized spacial score (nSPS) is 12.9. The summed E-state index contributed by atoms with van der Waals surface area (Å²) in [5.41, 5.74) is 1.55. The molecule has 7 heteroatoms. The summed E-state index contributed by atoms with van der Waals surface area (Å²) in [6, 6.07) is 14.9. The predicted octanol–water partition coefficient (Wildman–Crippen LogP) is 4.27. The molecule has 1 heterocycles. The second-order valence-electron chi connectivity index (χ2n) is 6.99. The fraction of sp³-hybridized carbons (Fsp3) is 0.174. The van der Waals surface area contributed by atoms with E-state index < -0.39 is 11.5 Å². The number of hydrogen-bond acceptors (Lipinski definition) is 4. The van der Waals surface area contributed by atoms with Crippen molar-refractivity contribution < 1.29 is 14.3 Å². The molecule has 152 valence electrons. The van der Waals surface area contributed by atoms with Crippen LogP contribution in [0.1, 0.15) is 39.3 Å². The van der Waals surface area contributed by atoms with Crippen molar-refractivity contribution >= 4 is 29.0 Å². The molecule has 0 saturated carbocycles. The molecule has 1 N–H and O–H groups in total. The first-order chi connectivity index (χ1) is 14.5. The number of methoxy groups -OCH3 is 1. The summed E-state index contributed by atoms with van der Waals surface area (Å²) in [6.07, 6.45) is 1.64. The number of ketones is 1. The number of carbonyl (C=O) groups is 2. The summed E-state index contributed by atoms with van der Waals surface area (Å²) < 4.78 is 6.56. The van der Waals surface area contributed by atoms with E-state index in [1.54, 1.807) is 55.6 Å². The van der Waals surface area contributed by atoms with Gasteiger partial charge in [0.1, 0.15) is 11.3 Å². The zero-order valence-electron chi connectivity index (χ0n) is 16.3. The first kappa shape index (κ1) is 19.9. The first-order valence-corrected chi connectivity index (χ1v) is 9.89. The molecule has 0 radical (unpaired) electrons. The zero-order valence-corrected chi connectivity index (χ0v) is 17.0. The minimum Gasteiger partial charge on any atom is -0.497 e. The van der Waals surface area contributed by atoms with Gasteiger partial charge in [0.2, 0.25) is 0 Å². The van der Waals surface area contributed by atoms with E-state index in [1.165, 1.54) is 10.6 Å². The highest BCUT2D eigenvalue weighted by atomic mass is 35.5. The summed E-state index contributed by atoms with van der Waals surface area (Å²) in [5.74, 6) is 0.00369. The minimum absolute atomic E-state index is 0.0718. The zero-order chi connectivity index (χ0) is 21.3. The molecule has 0 aliphatic heterocycles. The molecule has 0 fully saturated rings. The number of nitrogens with one attached hydrogen (secondary N) is 1. The van der Waals surface area contributed by atoms with Crippen LogP contribution in [0.4, 0.5) is 5.69 Å². The number of Topliss-reactive ketones (excluding diaryl/α,β-unsaturated/α-hetero) is 1. The summed E-state index contributed by atoms with van der Waals surface area (Å²) >= 11 is 5.98. The van der Waals surface area contributed by atoms with Gasteiger partial charge in [-0.25, -0.2) is 0 Å². The number of pyridine rings is 1. The number of aromatic nitrogens is 1. The van der Waals surface area contributed by atoms with Gasteiger partial charge in [-0.3, -0.25) is 19.0 Å². The number of amides is 1. The summed E-state index contributed by atoms with van der Waals surface area (Å²) in [7, 11) is 1.55. The number of halogens is 1. The highest BCUT2D eigenvalue weighted by molar-refractivity contribution is 6.30. The predicted molar refractivity (Wildman–Crippen MR) is 115 cm³/mol. The Hall–Kier alpha value is -3.38. The maximum atomic E-state index is 13.3. The van der Waals surface area contributed by atoms with Crippen LogP contribution in [0.3, 0.4) is 0 Å². The Morgan fingerprint density at radius 2 is 1.73 bits per heavy atom. The lowest BCUT2D eigenvalue weighted by Gasteiger charge is -2.21. The highest BCUT2D eigenvalue weighted by Crippen LogP contribution is 2.25. The Labute approximate surface area is 178 Å². The van der Waals surface area contributed by atoms with Crippen LogP contribution in [0.15, 0.2) is 59.4 Å². The standard InChI is InChI=1S/C23H19ClN2O4/c1-30-17-11-7-15(8-12-17)25-22(28)19-13-18-20(3-2-4-21(18)27)26(23(19)29)16-9-5-14(24)6-10-16/h5-13H,2-4H2,1H3,(H,25,28). The molecule has 30 heavy (non-hydrogen) atoms. The minimum atomic E-state index is -0.575. The van der Waals surface area contributed by atoms with Gasteiger partial charge in [-0.2, -0.15) is 0 Å². The van der Waals surface area contributed by atoms with Crippen LogP contribution < -0.4 is 15.6 Å². The third-order valence-corrected chi connectivity index (χ3v) is 5.35. The van der Waals surface area contributed by atoms with Gasteiger partial charge in [-0.15, -0.1) is 0 Å². The Morgan fingerprint density at radius 3 is 2.40 bits per heavy atom. The third-order valence-electron chi connectivity index (χ3n) is 5.10. The van der Waals surface area contributed by atoms with Crippen LogP contribution in [0.25, 0.3) is 5.69 Å². The van der Waals surface area contributed by atoms with Gasteiger partial charge in [-0.1, -0.05) is 11.6 Å². The van der Waals surface area contributed by atoms with E-state index in [0.717, 1.165) is 0 Å². The van der Waals surface area contributed by atoms with Crippen molar-refractivity contribution in [2.75, 3.05) is 12.4 Å². The van der Waals surface area contributed by atoms with Crippen LogP contribution in [-0.2, 0) is 6.42 Å². The van der Waals surface area contributed by atoms with Crippen molar-refractivity contribution in [3.8, 4) is 11.4 Å². The molecule has 4 rings (SSSR count). The number of fused-ring (bicyclic) bond motifs is 1. The van der Waals surface area contributed by atoms with Gasteiger partial charge < -0.3 is 10.1 Å². The van der Waals surface area contributed by atoms with Crippen LogP contribution in [0.2, 0.25) is 5.02 Å². The number of ether oxygens (including phenoxy) is 1. The maximum Gasteiger partial charge on any atom is 0.268 e. The number of benzene rings is 2. The van der Waals surface area contributed by atoms with Crippen LogP contribution in [0.5, 0.6) is 5.75 Å². The molecule has 1 aliphatic rings. The van der Waals surface area contributed by atoms with Crippen LogP contribution in [0, 0.1) is 0 Å². The molecule has 0 saturated heterocycles. The average Bonchev–Trinajstić information content (AvgIpc) is 2.75. The lowest BCUT2D eigenvalue weighted by molar-refractivity contribution is 0.0971. The Morgan fingerprint density at radius 1 is 1.03 bits per heavy atom. The molecule has 3 aromatic rings. The van der Waals surface area contributed by atoms with E-state index in [0.29, 0.717) is 52.7 Å². The van der Waals surface area contributed by atoms with Crippen molar-refractivity contribution in [3.63, 3.8) is 0 Å². The van der Waals surface area contributed by atoms with Crippen molar-refractivity contribution in [2.45, 2.75) is 19.3 Å². The molecule has 1 amide bonds. The molecule has 6 nitrogen and oxygen atoms in total. The van der Waals surface area contributed by atoms with E-state index in [-0.39, 0.29) is 11.3 Å². The van der Waals surface area contributed by atoms with E-state index in [2.05, 4.69) is 5.32 Å². The Balaban J connectivity index is 1.81. The van der Waals surface area contributed by atoms with Gasteiger partial charge in [0.05, 0.1) is 7.11 Å². The first-order valence-electron chi connectivity index (χ1n) is 9.51. The van der Waals surface area contributed by atoms with Gasteiger partial charge in [0.25, 0.3) is 11.5 Å². The Bertz CT molecular complexity index is 1180. The summed E-state index contributed by atoms with van der Waals surface area (Å²) in [6.45, 7) is 0. The SMILES string of the molecule is COc1ccc(NC(=O)c2cc3c(n(-c4ccc(Cl)cc4)c2=O)CCCC3=O)cc1. The number of anilines is 1. The average molecular weight is 423 g/mol. The van der Waals surface area contributed by atoms with Crippen LogP contribution in [-0.4, -0.2) is 23.4 Å². The summed E-state index contributed by atoms with van der Waals surface area (Å²) in [4.78, 5) is 38.8. The second kappa shape index (κ2) is 8.16. The van der Waals surface area contributed by atoms with Crippen molar-refractivity contribution in [2.24, 2.45) is 0 Å². The van der Waals surface area contributed by atoms with Gasteiger partial charge in [0, 0.05) is 34.1 Å². The quantitative estimate of drug-likeness (QED) is 0.681. The second-order valence-corrected chi connectivity index (χ2v) is 7.43. The highest BCUT2D eigenvalue weighted by Gasteiger charge is 2.26. The molecular weight excluding hydrogens is 404 g/mol. The van der Waals surface area contributed by atoms with Crippen molar-refractivity contribution in [3.05, 3.63) is 86.8 Å². The molecule has 0 bridgehead atoms. The van der Waals surface area contributed by atoms with Crippen LogP contribution >= 0.6 is 11.6 Å². The van der Waals surface area contributed by atoms with Crippen molar-refractivity contribution in [1.29, 1.82) is 0 Å². The topological polar surface area (TPSA) is 77.4 Å². The number of hydrogen-bond donors (Lipinski definition) is 1. The smallest absolute Gasteiger partial charge is 0.268 e. The Kier molecular flexibility index (Phi) is 5.42. The molecular formula is C23H19ClN2O4. The monoisotopic (exact) mass is 422 g/mol. The summed E-state index contributed by atoms with van der Waals surface area (Å²) in [5, 5.41) is 3.25. The molecule has 1 aromatic heterocycles. The van der Waals surface area contributed by atoms with Gasteiger partial charge in [0.15, 0.2) is 5.78 Å². The lowest BCUT2D eigenvalue weighted by atomic mass is 9.92. The van der Waals surface area contributed by atoms with Crippen molar-refractivity contribution in [1.82, 2.24) is 4.57 Å². The third kappa shape index (κ3) is 3.74. The molecule has 0 unspecified atom stereocenters.